The van der Waals surface area contributed by atoms with Gasteiger partial charge in [0, 0.05) is 16.5 Å². The summed E-state index contributed by atoms with van der Waals surface area (Å²) in [5.74, 6) is 0. The molecular weight excluding hydrogens is 546 g/mol. The fourth-order valence-corrected chi connectivity index (χ4v) is 6.50. The lowest BCUT2D eigenvalue weighted by Gasteiger charge is -2.16. The summed E-state index contributed by atoms with van der Waals surface area (Å²) in [7, 11) is 0. The number of benzene rings is 7. The Morgan fingerprint density at radius 1 is 0.333 bits per heavy atom. The zero-order valence-electron chi connectivity index (χ0n) is 24.6. The van der Waals surface area contributed by atoms with Crippen LogP contribution in [-0.2, 0) is 0 Å². The van der Waals surface area contributed by atoms with Gasteiger partial charge in [-0.3, -0.25) is 9.36 Å². The molecule has 2 nitrogen and oxygen atoms in total. The Morgan fingerprint density at radius 3 is 1.31 bits per heavy atom. The number of pyridine rings is 1. The third kappa shape index (κ3) is 4.74. The Balaban J connectivity index is 1.29. The smallest absolute Gasteiger partial charge is 0.263 e. The number of rotatable bonds is 5. The summed E-state index contributed by atoms with van der Waals surface area (Å²) in [6.07, 6.45) is 0. The summed E-state index contributed by atoms with van der Waals surface area (Å²) in [6, 6.07) is 60.7. The molecule has 0 atom stereocenters. The van der Waals surface area contributed by atoms with Gasteiger partial charge in [0.15, 0.2) is 0 Å². The van der Waals surface area contributed by atoms with Crippen molar-refractivity contribution in [3.05, 3.63) is 186 Å². The van der Waals surface area contributed by atoms with E-state index in [0.717, 1.165) is 44.2 Å². The van der Waals surface area contributed by atoms with E-state index in [1.54, 1.807) is 0 Å². The Labute approximate surface area is 262 Å². The molecule has 0 spiro atoms. The maximum atomic E-state index is 14.1. The van der Waals surface area contributed by atoms with Crippen LogP contribution in [0.25, 0.3) is 71.9 Å². The Bertz CT molecular complexity index is 2370. The fraction of sp³-hybridized carbons (Fsp3) is 0. The van der Waals surface area contributed by atoms with Gasteiger partial charge in [0.05, 0.1) is 5.52 Å². The van der Waals surface area contributed by atoms with Gasteiger partial charge in [0.1, 0.15) is 0 Å². The molecule has 0 saturated carbocycles. The zero-order chi connectivity index (χ0) is 30.2. The van der Waals surface area contributed by atoms with Gasteiger partial charge < -0.3 is 0 Å². The van der Waals surface area contributed by atoms with Crippen LogP contribution in [0.4, 0.5) is 0 Å². The van der Waals surface area contributed by atoms with Crippen LogP contribution in [0.15, 0.2) is 181 Å². The summed E-state index contributed by atoms with van der Waals surface area (Å²) in [4.78, 5) is 14.1. The lowest BCUT2D eigenvalue weighted by atomic mass is 9.93. The van der Waals surface area contributed by atoms with Crippen molar-refractivity contribution in [2.24, 2.45) is 0 Å². The van der Waals surface area contributed by atoms with E-state index in [0.29, 0.717) is 5.39 Å². The van der Waals surface area contributed by atoms with Crippen molar-refractivity contribution in [3.63, 3.8) is 0 Å². The highest BCUT2D eigenvalue weighted by atomic mass is 16.1. The topological polar surface area (TPSA) is 22.0 Å². The molecule has 212 valence electrons. The van der Waals surface area contributed by atoms with Gasteiger partial charge in [0.25, 0.3) is 5.56 Å². The molecule has 2 heteroatoms. The standard InChI is InChI=1S/C43H29NO/c45-43-40-22-12-11-21-39(40)41-29-33(38-20-10-9-18-36(38)31-15-5-2-6-16-31)25-28-42(41)44(43)34-26-23-32(24-27-34)37-19-8-7-17-35(37)30-13-3-1-4-14-30/h1-29H. The van der Waals surface area contributed by atoms with Gasteiger partial charge in [-0.2, -0.15) is 0 Å². The molecule has 1 heterocycles. The Morgan fingerprint density at radius 2 is 0.756 bits per heavy atom. The summed E-state index contributed by atoms with van der Waals surface area (Å²) in [6.45, 7) is 0. The predicted molar refractivity (Wildman–Crippen MR) is 189 cm³/mol. The first-order chi connectivity index (χ1) is 22.3. The van der Waals surface area contributed by atoms with Gasteiger partial charge in [-0.05, 0) is 80.2 Å². The molecule has 0 aliphatic carbocycles. The van der Waals surface area contributed by atoms with Crippen molar-refractivity contribution in [3.8, 4) is 50.2 Å². The molecule has 0 bridgehead atoms. The molecule has 0 amide bonds. The highest BCUT2D eigenvalue weighted by Gasteiger charge is 2.15. The summed E-state index contributed by atoms with van der Waals surface area (Å²) in [5.41, 5.74) is 11.0. The number of aromatic nitrogens is 1. The van der Waals surface area contributed by atoms with Crippen molar-refractivity contribution in [1.82, 2.24) is 4.57 Å². The molecule has 0 fully saturated rings. The molecule has 0 aliphatic rings. The minimum Gasteiger partial charge on any atom is -0.276 e. The second-order valence-electron chi connectivity index (χ2n) is 11.3. The normalized spacial score (nSPS) is 11.2. The van der Waals surface area contributed by atoms with E-state index in [2.05, 4.69) is 146 Å². The molecule has 7 aromatic carbocycles. The average molecular weight is 576 g/mol. The van der Waals surface area contributed by atoms with Crippen LogP contribution in [-0.4, -0.2) is 4.57 Å². The molecule has 45 heavy (non-hydrogen) atoms. The van der Waals surface area contributed by atoms with Crippen molar-refractivity contribution in [1.29, 1.82) is 0 Å². The van der Waals surface area contributed by atoms with Crippen LogP contribution in [0.5, 0.6) is 0 Å². The van der Waals surface area contributed by atoms with Crippen molar-refractivity contribution < 1.29 is 0 Å². The van der Waals surface area contributed by atoms with Crippen molar-refractivity contribution in [2.45, 2.75) is 0 Å². The monoisotopic (exact) mass is 575 g/mol. The highest BCUT2D eigenvalue weighted by Crippen LogP contribution is 2.36. The highest BCUT2D eigenvalue weighted by molar-refractivity contribution is 6.08. The lowest BCUT2D eigenvalue weighted by Crippen LogP contribution is -2.19. The van der Waals surface area contributed by atoms with Gasteiger partial charge in [-0.1, -0.05) is 146 Å². The summed E-state index contributed by atoms with van der Waals surface area (Å²) < 4.78 is 1.86. The lowest BCUT2D eigenvalue weighted by molar-refractivity contribution is 1.06. The first-order valence-corrected chi connectivity index (χ1v) is 15.2. The van der Waals surface area contributed by atoms with Crippen LogP contribution in [0, 0.1) is 0 Å². The number of hydrogen-bond donors (Lipinski definition) is 0. The van der Waals surface area contributed by atoms with E-state index >= 15 is 0 Å². The first kappa shape index (κ1) is 26.6. The maximum absolute atomic E-state index is 14.1. The van der Waals surface area contributed by atoms with Crippen molar-refractivity contribution in [2.75, 3.05) is 0 Å². The molecule has 0 unspecified atom stereocenters. The minimum atomic E-state index is -0.0204. The number of nitrogens with zero attached hydrogens (tertiary/aromatic N) is 1. The molecule has 8 rings (SSSR count). The first-order valence-electron chi connectivity index (χ1n) is 15.2. The van der Waals surface area contributed by atoms with E-state index in [1.165, 1.54) is 22.3 Å². The molecule has 0 saturated heterocycles. The van der Waals surface area contributed by atoms with E-state index in [9.17, 15) is 4.79 Å². The molecule has 8 aromatic rings. The van der Waals surface area contributed by atoms with Crippen LogP contribution >= 0.6 is 0 Å². The summed E-state index contributed by atoms with van der Waals surface area (Å²) in [5, 5.41) is 2.71. The predicted octanol–water partition coefficient (Wildman–Crippen LogP) is 10.8. The zero-order valence-corrected chi connectivity index (χ0v) is 24.6. The third-order valence-corrected chi connectivity index (χ3v) is 8.66. The second-order valence-corrected chi connectivity index (χ2v) is 11.3. The number of hydrogen-bond acceptors (Lipinski definition) is 1. The van der Waals surface area contributed by atoms with Crippen molar-refractivity contribution >= 4 is 21.7 Å². The van der Waals surface area contributed by atoms with E-state index < -0.39 is 0 Å². The number of fused-ring (bicyclic) bond motifs is 3. The SMILES string of the molecule is O=c1c2ccccc2c2cc(-c3ccccc3-c3ccccc3)ccc2n1-c1ccc(-c2ccccc2-c2ccccc2)cc1. The molecule has 0 N–H and O–H groups in total. The van der Waals surface area contributed by atoms with Gasteiger partial charge >= 0.3 is 0 Å². The fourth-order valence-electron chi connectivity index (χ4n) is 6.50. The van der Waals surface area contributed by atoms with E-state index in [-0.39, 0.29) is 5.56 Å². The molecule has 0 radical (unpaired) electrons. The molecule has 0 aliphatic heterocycles. The quantitative estimate of drug-likeness (QED) is 0.187. The van der Waals surface area contributed by atoms with E-state index in [1.807, 2.05) is 34.9 Å². The largest absolute Gasteiger partial charge is 0.276 e. The minimum absolute atomic E-state index is 0.0204. The molecule has 1 aromatic heterocycles. The van der Waals surface area contributed by atoms with Crippen LogP contribution in [0.3, 0.4) is 0 Å². The summed E-state index contributed by atoms with van der Waals surface area (Å²) >= 11 is 0. The maximum Gasteiger partial charge on any atom is 0.263 e. The third-order valence-electron chi connectivity index (χ3n) is 8.66. The second kappa shape index (κ2) is 11.3. The van der Waals surface area contributed by atoms with Crippen LogP contribution in [0.2, 0.25) is 0 Å². The Hall–Kier alpha value is -5.99. The van der Waals surface area contributed by atoms with Gasteiger partial charge in [-0.25, -0.2) is 0 Å². The van der Waals surface area contributed by atoms with Gasteiger partial charge in [-0.15, -0.1) is 0 Å². The molecular formula is C43H29NO. The van der Waals surface area contributed by atoms with Crippen LogP contribution in [0.1, 0.15) is 0 Å². The van der Waals surface area contributed by atoms with Crippen LogP contribution < -0.4 is 5.56 Å². The van der Waals surface area contributed by atoms with Gasteiger partial charge in [0.2, 0.25) is 0 Å². The van der Waals surface area contributed by atoms with E-state index in [4.69, 9.17) is 0 Å². The average Bonchev–Trinajstić information content (AvgIpc) is 3.13. The Kier molecular flexibility index (Phi) is 6.66.